The van der Waals surface area contributed by atoms with Gasteiger partial charge in [0.15, 0.2) is 11.5 Å². The first-order valence-corrected chi connectivity index (χ1v) is 7.32. The number of aromatic hydroxyl groups is 2. The van der Waals surface area contributed by atoms with Crippen molar-refractivity contribution in [2.75, 3.05) is 13.1 Å². The van der Waals surface area contributed by atoms with E-state index in [1.165, 1.54) is 12.1 Å². The zero-order chi connectivity index (χ0) is 15.5. The first kappa shape index (κ1) is 15.6. The zero-order valence-corrected chi connectivity index (χ0v) is 12.6. The zero-order valence-electron chi connectivity index (χ0n) is 12.6. The van der Waals surface area contributed by atoms with Gasteiger partial charge in [0.25, 0.3) is 0 Å². The summed E-state index contributed by atoms with van der Waals surface area (Å²) >= 11 is 0. The van der Waals surface area contributed by atoms with Crippen LogP contribution in [-0.2, 0) is 16.0 Å². The number of benzene rings is 1. The minimum Gasteiger partial charge on any atom is -0.504 e. The smallest absolute Gasteiger partial charge is 0.310 e. The Bertz CT molecular complexity index is 507. The van der Waals surface area contributed by atoms with E-state index in [9.17, 15) is 15.0 Å². The molecule has 0 atom stereocenters. The SMILES string of the molecule is CC(C)(OC(=O)Cc1ccc(O)c(O)c1)C1CCNCC1. The molecule has 21 heavy (non-hydrogen) atoms. The van der Waals surface area contributed by atoms with Crippen LogP contribution in [0, 0.1) is 5.92 Å². The third-order valence-corrected chi connectivity index (χ3v) is 4.09. The van der Waals surface area contributed by atoms with E-state index in [1.807, 2.05) is 13.8 Å². The Morgan fingerprint density at radius 3 is 2.57 bits per heavy atom. The van der Waals surface area contributed by atoms with E-state index in [4.69, 9.17) is 4.74 Å². The Morgan fingerprint density at radius 1 is 1.29 bits per heavy atom. The molecule has 0 aromatic heterocycles. The van der Waals surface area contributed by atoms with E-state index in [0.717, 1.165) is 25.9 Å². The molecule has 0 spiro atoms. The molecule has 0 aliphatic carbocycles. The number of carbonyl (C=O) groups excluding carboxylic acids is 1. The summed E-state index contributed by atoms with van der Waals surface area (Å²) in [5.74, 6) is -0.375. The van der Waals surface area contributed by atoms with Crippen molar-refractivity contribution in [1.29, 1.82) is 0 Å². The van der Waals surface area contributed by atoms with Gasteiger partial charge >= 0.3 is 5.97 Å². The fourth-order valence-electron chi connectivity index (χ4n) is 2.78. The van der Waals surface area contributed by atoms with Crippen molar-refractivity contribution >= 4 is 5.97 Å². The highest BCUT2D eigenvalue weighted by molar-refractivity contribution is 5.73. The van der Waals surface area contributed by atoms with Gasteiger partial charge in [-0.05, 0) is 57.5 Å². The first-order valence-electron chi connectivity index (χ1n) is 7.32. The predicted octanol–water partition coefficient (Wildman–Crippen LogP) is 1.96. The molecule has 116 valence electrons. The van der Waals surface area contributed by atoms with Crippen LogP contribution >= 0.6 is 0 Å². The Morgan fingerprint density at radius 2 is 1.95 bits per heavy atom. The summed E-state index contributed by atoms with van der Waals surface area (Å²) in [6.07, 6.45) is 2.09. The lowest BCUT2D eigenvalue weighted by atomic mass is 9.83. The quantitative estimate of drug-likeness (QED) is 0.584. The van der Waals surface area contributed by atoms with Gasteiger partial charge in [-0.15, -0.1) is 0 Å². The number of hydrogen-bond donors (Lipinski definition) is 3. The maximum atomic E-state index is 12.1. The molecule has 1 aliphatic heterocycles. The van der Waals surface area contributed by atoms with Crippen LogP contribution in [0.15, 0.2) is 18.2 Å². The van der Waals surface area contributed by atoms with Gasteiger partial charge in [-0.2, -0.15) is 0 Å². The molecule has 2 rings (SSSR count). The second-order valence-corrected chi connectivity index (χ2v) is 6.10. The Kier molecular flexibility index (Phi) is 4.73. The van der Waals surface area contributed by atoms with Crippen molar-refractivity contribution in [1.82, 2.24) is 5.32 Å². The standard InChI is InChI=1S/C16H23NO4/c1-16(2,12-5-7-17-8-6-12)21-15(20)10-11-3-4-13(18)14(19)9-11/h3-4,9,12,17-19H,5-8,10H2,1-2H3. The summed E-state index contributed by atoms with van der Waals surface area (Å²) in [6, 6.07) is 4.36. The number of piperidine rings is 1. The Balaban J connectivity index is 1.95. The summed E-state index contributed by atoms with van der Waals surface area (Å²) in [7, 11) is 0. The van der Waals surface area contributed by atoms with Crippen LogP contribution < -0.4 is 5.32 Å². The molecule has 0 saturated carbocycles. The van der Waals surface area contributed by atoms with Gasteiger partial charge in [0.05, 0.1) is 6.42 Å². The summed E-state index contributed by atoms with van der Waals surface area (Å²) in [6.45, 7) is 5.82. The fourth-order valence-corrected chi connectivity index (χ4v) is 2.78. The molecular formula is C16H23NO4. The van der Waals surface area contributed by atoms with Gasteiger partial charge in [-0.3, -0.25) is 4.79 Å². The number of ether oxygens (including phenoxy) is 1. The minimum absolute atomic E-state index is 0.0856. The molecule has 1 aromatic carbocycles. The van der Waals surface area contributed by atoms with Crippen LogP contribution in [0.5, 0.6) is 11.5 Å². The van der Waals surface area contributed by atoms with Crippen LogP contribution in [0.3, 0.4) is 0 Å². The topological polar surface area (TPSA) is 78.8 Å². The molecule has 5 nitrogen and oxygen atoms in total. The third-order valence-electron chi connectivity index (χ3n) is 4.09. The molecule has 5 heteroatoms. The van der Waals surface area contributed by atoms with Gasteiger partial charge in [0.2, 0.25) is 0 Å². The minimum atomic E-state index is -0.488. The molecule has 1 fully saturated rings. The lowest BCUT2D eigenvalue weighted by molar-refractivity contribution is -0.161. The van der Waals surface area contributed by atoms with Crippen molar-refractivity contribution < 1.29 is 19.7 Å². The van der Waals surface area contributed by atoms with Crippen molar-refractivity contribution in [3.63, 3.8) is 0 Å². The maximum Gasteiger partial charge on any atom is 0.310 e. The van der Waals surface area contributed by atoms with E-state index in [0.29, 0.717) is 11.5 Å². The molecule has 0 bridgehead atoms. The largest absolute Gasteiger partial charge is 0.504 e. The average molecular weight is 293 g/mol. The summed E-state index contributed by atoms with van der Waals surface area (Å²) < 4.78 is 5.64. The second-order valence-electron chi connectivity index (χ2n) is 6.10. The van der Waals surface area contributed by atoms with Gasteiger partial charge in [-0.1, -0.05) is 6.07 Å². The van der Waals surface area contributed by atoms with Crippen LogP contribution in [0.4, 0.5) is 0 Å². The number of phenols is 2. The molecule has 1 aliphatic rings. The van der Waals surface area contributed by atoms with Crippen LogP contribution in [-0.4, -0.2) is 34.9 Å². The first-order chi connectivity index (χ1) is 9.88. The molecule has 0 unspecified atom stereocenters. The summed E-state index contributed by atoms with van der Waals surface area (Å²) in [4.78, 5) is 12.1. The van der Waals surface area contributed by atoms with Crippen LogP contribution in [0.2, 0.25) is 0 Å². The maximum absolute atomic E-state index is 12.1. The third kappa shape index (κ3) is 4.11. The van der Waals surface area contributed by atoms with Crippen LogP contribution in [0.1, 0.15) is 32.3 Å². The van der Waals surface area contributed by atoms with Crippen molar-refractivity contribution in [3.05, 3.63) is 23.8 Å². The van der Waals surface area contributed by atoms with Gasteiger partial charge in [-0.25, -0.2) is 0 Å². The summed E-state index contributed by atoms with van der Waals surface area (Å²) in [5.41, 5.74) is 0.134. The van der Waals surface area contributed by atoms with Crippen molar-refractivity contribution in [2.45, 2.75) is 38.7 Å². The van der Waals surface area contributed by atoms with Gasteiger partial charge in [0, 0.05) is 5.92 Å². The van der Waals surface area contributed by atoms with E-state index < -0.39 is 5.60 Å². The summed E-state index contributed by atoms with van der Waals surface area (Å²) in [5, 5.41) is 22.0. The number of phenolic OH excluding ortho intramolecular Hbond substituents is 2. The number of hydrogen-bond acceptors (Lipinski definition) is 5. The molecule has 0 radical (unpaired) electrons. The van der Waals surface area contributed by atoms with E-state index >= 15 is 0 Å². The predicted molar refractivity (Wildman–Crippen MR) is 79.2 cm³/mol. The fraction of sp³-hybridized carbons (Fsp3) is 0.562. The molecular weight excluding hydrogens is 270 g/mol. The molecule has 0 amide bonds. The molecule has 3 N–H and O–H groups in total. The average Bonchev–Trinajstić information content (AvgIpc) is 2.43. The van der Waals surface area contributed by atoms with Gasteiger partial charge in [0.1, 0.15) is 5.60 Å². The van der Waals surface area contributed by atoms with E-state index in [1.54, 1.807) is 6.07 Å². The lowest BCUT2D eigenvalue weighted by Crippen LogP contribution is -2.43. The monoisotopic (exact) mass is 293 g/mol. The number of carbonyl (C=O) groups is 1. The number of esters is 1. The lowest BCUT2D eigenvalue weighted by Gasteiger charge is -2.36. The Hall–Kier alpha value is -1.75. The van der Waals surface area contributed by atoms with Gasteiger partial charge < -0.3 is 20.3 Å². The Labute approximate surface area is 124 Å². The highest BCUT2D eigenvalue weighted by Crippen LogP contribution is 2.30. The van der Waals surface area contributed by atoms with E-state index in [-0.39, 0.29) is 23.9 Å². The molecule has 1 aromatic rings. The van der Waals surface area contributed by atoms with E-state index in [2.05, 4.69) is 5.32 Å². The highest BCUT2D eigenvalue weighted by atomic mass is 16.6. The number of rotatable bonds is 4. The molecule has 1 heterocycles. The molecule has 1 saturated heterocycles. The number of nitrogens with one attached hydrogen (secondary N) is 1. The van der Waals surface area contributed by atoms with Crippen LogP contribution in [0.25, 0.3) is 0 Å². The second kappa shape index (κ2) is 6.35. The van der Waals surface area contributed by atoms with Crippen molar-refractivity contribution in [2.24, 2.45) is 5.92 Å². The van der Waals surface area contributed by atoms with Crippen molar-refractivity contribution in [3.8, 4) is 11.5 Å². The normalized spacial score (nSPS) is 16.7. The highest BCUT2D eigenvalue weighted by Gasteiger charge is 2.34.